The smallest absolute Gasteiger partial charge is 0.333 e. The predicted octanol–water partition coefficient (Wildman–Crippen LogP) is -0.483. The number of pyridine rings is 2. The molecule has 31 heavy (non-hydrogen) atoms. The van der Waals surface area contributed by atoms with Crippen LogP contribution < -0.4 is 11.2 Å². The lowest BCUT2D eigenvalue weighted by Gasteiger charge is -2.18. The Balaban J connectivity index is 1.65. The van der Waals surface area contributed by atoms with Gasteiger partial charge in [-0.15, -0.1) is 0 Å². The van der Waals surface area contributed by atoms with Crippen molar-refractivity contribution >= 4 is 0 Å². The zero-order chi connectivity index (χ0) is 22.0. The van der Waals surface area contributed by atoms with Gasteiger partial charge < -0.3 is 20.1 Å². The van der Waals surface area contributed by atoms with E-state index in [1.165, 1.54) is 12.3 Å². The molecular formula is C21H22N4O6. The van der Waals surface area contributed by atoms with Crippen LogP contribution in [0.15, 0.2) is 64.7 Å². The summed E-state index contributed by atoms with van der Waals surface area (Å²) in [5, 5.41) is 29.5. The fourth-order valence-corrected chi connectivity index (χ4v) is 3.65. The molecule has 10 heteroatoms. The van der Waals surface area contributed by atoms with Crippen molar-refractivity contribution in [3.8, 4) is 11.1 Å². The highest BCUT2D eigenvalue weighted by Crippen LogP contribution is 2.29. The SMILES string of the molecule is O=c1ccn(C2OC(CCO)C(O)C2O)c(=O)n1Cc1cc(-c2ccncc2)ccn1. The first kappa shape index (κ1) is 21.1. The Morgan fingerprint density at radius 3 is 2.48 bits per heavy atom. The van der Waals surface area contributed by atoms with Crippen LogP contribution in [0.25, 0.3) is 11.1 Å². The molecule has 1 aliphatic rings. The van der Waals surface area contributed by atoms with E-state index in [9.17, 15) is 19.8 Å². The quantitative estimate of drug-likeness (QED) is 0.480. The molecule has 3 aromatic heterocycles. The fraction of sp³-hybridized carbons (Fsp3) is 0.333. The second-order valence-corrected chi connectivity index (χ2v) is 7.26. The number of nitrogens with zero attached hydrogens (tertiary/aromatic N) is 4. The third-order valence-corrected chi connectivity index (χ3v) is 5.27. The lowest BCUT2D eigenvalue weighted by atomic mass is 10.1. The summed E-state index contributed by atoms with van der Waals surface area (Å²) >= 11 is 0. The Hall–Kier alpha value is -3.18. The van der Waals surface area contributed by atoms with Gasteiger partial charge in [0.15, 0.2) is 6.23 Å². The van der Waals surface area contributed by atoms with Crippen LogP contribution in [0.3, 0.4) is 0 Å². The van der Waals surface area contributed by atoms with Crippen LogP contribution >= 0.6 is 0 Å². The van der Waals surface area contributed by atoms with Crippen molar-refractivity contribution in [2.24, 2.45) is 0 Å². The first-order valence-electron chi connectivity index (χ1n) is 9.79. The van der Waals surface area contributed by atoms with Crippen LogP contribution in [0.1, 0.15) is 18.3 Å². The lowest BCUT2D eigenvalue weighted by molar-refractivity contribution is -0.0458. The van der Waals surface area contributed by atoms with Gasteiger partial charge in [-0.05, 0) is 41.8 Å². The third-order valence-electron chi connectivity index (χ3n) is 5.27. The molecule has 4 atom stereocenters. The minimum absolute atomic E-state index is 0.0805. The first-order chi connectivity index (χ1) is 15.0. The zero-order valence-electron chi connectivity index (χ0n) is 16.5. The van der Waals surface area contributed by atoms with Gasteiger partial charge in [0.1, 0.15) is 12.2 Å². The van der Waals surface area contributed by atoms with Crippen molar-refractivity contribution in [3.63, 3.8) is 0 Å². The van der Waals surface area contributed by atoms with E-state index in [4.69, 9.17) is 9.84 Å². The van der Waals surface area contributed by atoms with E-state index >= 15 is 0 Å². The number of aromatic nitrogens is 4. The van der Waals surface area contributed by atoms with Crippen LogP contribution in [-0.2, 0) is 11.3 Å². The molecular weight excluding hydrogens is 404 g/mol. The number of hydrogen-bond acceptors (Lipinski definition) is 8. The van der Waals surface area contributed by atoms with Crippen molar-refractivity contribution in [2.75, 3.05) is 6.61 Å². The highest BCUT2D eigenvalue weighted by molar-refractivity contribution is 5.62. The molecule has 0 spiro atoms. The van der Waals surface area contributed by atoms with Crippen molar-refractivity contribution in [1.29, 1.82) is 0 Å². The first-order valence-corrected chi connectivity index (χ1v) is 9.79. The number of hydrogen-bond donors (Lipinski definition) is 3. The highest BCUT2D eigenvalue weighted by atomic mass is 16.6. The van der Waals surface area contributed by atoms with Crippen LogP contribution in [0.5, 0.6) is 0 Å². The largest absolute Gasteiger partial charge is 0.396 e. The summed E-state index contributed by atoms with van der Waals surface area (Å²) in [7, 11) is 0. The summed E-state index contributed by atoms with van der Waals surface area (Å²) < 4.78 is 7.64. The number of rotatable bonds is 6. The van der Waals surface area contributed by atoms with Gasteiger partial charge in [0.2, 0.25) is 0 Å². The maximum absolute atomic E-state index is 13.0. The van der Waals surface area contributed by atoms with Gasteiger partial charge in [-0.2, -0.15) is 0 Å². The second kappa shape index (κ2) is 8.90. The van der Waals surface area contributed by atoms with Gasteiger partial charge in [0.25, 0.3) is 5.56 Å². The lowest BCUT2D eigenvalue weighted by Crippen LogP contribution is -2.43. The van der Waals surface area contributed by atoms with E-state index in [1.807, 2.05) is 18.2 Å². The van der Waals surface area contributed by atoms with Gasteiger partial charge in [-0.1, -0.05) is 0 Å². The molecule has 0 aromatic carbocycles. The van der Waals surface area contributed by atoms with Crippen LogP contribution in [0, 0.1) is 0 Å². The minimum atomic E-state index is -1.38. The molecule has 4 heterocycles. The molecule has 0 amide bonds. The second-order valence-electron chi connectivity index (χ2n) is 7.26. The Morgan fingerprint density at radius 1 is 1.00 bits per heavy atom. The van der Waals surface area contributed by atoms with E-state index < -0.39 is 35.8 Å². The molecule has 3 aromatic rings. The normalized spacial score (nSPS) is 23.2. The summed E-state index contributed by atoms with van der Waals surface area (Å²) in [6.45, 7) is -0.322. The Labute approximate surface area is 176 Å². The van der Waals surface area contributed by atoms with E-state index in [1.54, 1.807) is 24.7 Å². The summed E-state index contributed by atoms with van der Waals surface area (Å²) in [6, 6.07) is 8.47. The van der Waals surface area contributed by atoms with Crippen LogP contribution in [0.2, 0.25) is 0 Å². The number of ether oxygens (including phenoxy) is 1. The van der Waals surface area contributed by atoms with E-state index in [0.717, 1.165) is 20.3 Å². The fourth-order valence-electron chi connectivity index (χ4n) is 3.65. The van der Waals surface area contributed by atoms with Gasteiger partial charge in [-0.25, -0.2) is 4.79 Å². The minimum Gasteiger partial charge on any atom is -0.396 e. The summed E-state index contributed by atoms with van der Waals surface area (Å²) in [5.41, 5.74) is 1.04. The van der Waals surface area contributed by atoms with Crippen LogP contribution in [-0.4, -0.2) is 59.3 Å². The van der Waals surface area contributed by atoms with Gasteiger partial charge in [0, 0.05) is 37.5 Å². The average Bonchev–Trinajstić information content (AvgIpc) is 3.06. The summed E-state index contributed by atoms with van der Waals surface area (Å²) in [4.78, 5) is 33.7. The number of aliphatic hydroxyl groups is 3. The van der Waals surface area contributed by atoms with Crippen molar-refractivity contribution < 1.29 is 20.1 Å². The topological polar surface area (TPSA) is 140 Å². The molecule has 4 rings (SSSR count). The zero-order valence-corrected chi connectivity index (χ0v) is 16.5. The summed E-state index contributed by atoms with van der Waals surface area (Å²) in [6.07, 6.45) is 1.62. The average molecular weight is 426 g/mol. The number of aliphatic hydroxyl groups excluding tert-OH is 3. The molecule has 0 saturated carbocycles. The standard InChI is InChI=1S/C21H22N4O6/c26-10-5-16-18(28)19(29)20(31-16)24-9-4-17(27)25(21(24)30)12-15-11-14(3-8-23-15)13-1-6-22-7-2-13/h1-4,6-9,11,16,18-20,26,28-29H,5,10,12H2. The maximum atomic E-state index is 13.0. The molecule has 1 fully saturated rings. The van der Waals surface area contributed by atoms with Crippen molar-refractivity contribution in [3.05, 3.63) is 81.7 Å². The Morgan fingerprint density at radius 2 is 1.74 bits per heavy atom. The molecule has 1 aliphatic heterocycles. The van der Waals surface area contributed by atoms with Crippen molar-refractivity contribution in [1.82, 2.24) is 19.1 Å². The highest BCUT2D eigenvalue weighted by Gasteiger charge is 2.43. The molecule has 0 bridgehead atoms. The molecule has 3 N–H and O–H groups in total. The monoisotopic (exact) mass is 426 g/mol. The van der Waals surface area contributed by atoms with Gasteiger partial charge >= 0.3 is 5.69 Å². The predicted molar refractivity (Wildman–Crippen MR) is 109 cm³/mol. The molecule has 0 radical (unpaired) electrons. The Kier molecular flexibility index (Phi) is 6.05. The molecule has 4 unspecified atom stereocenters. The molecule has 10 nitrogen and oxygen atoms in total. The third kappa shape index (κ3) is 4.19. The van der Waals surface area contributed by atoms with Crippen molar-refractivity contribution in [2.45, 2.75) is 37.5 Å². The van der Waals surface area contributed by atoms with Crippen LogP contribution in [0.4, 0.5) is 0 Å². The van der Waals surface area contributed by atoms with E-state index in [-0.39, 0.29) is 19.6 Å². The van der Waals surface area contributed by atoms with Gasteiger partial charge in [0.05, 0.1) is 18.3 Å². The molecule has 0 aliphatic carbocycles. The molecule has 162 valence electrons. The Bertz CT molecular complexity index is 1160. The summed E-state index contributed by atoms with van der Waals surface area (Å²) in [5.74, 6) is 0. The van der Waals surface area contributed by atoms with Gasteiger partial charge in [-0.3, -0.25) is 23.9 Å². The maximum Gasteiger partial charge on any atom is 0.333 e. The van der Waals surface area contributed by atoms with E-state index in [0.29, 0.717) is 5.69 Å². The van der Waals surface area contributed by atoms with E-state index in [2.05, 4.69) is 9.97 Å². The molecule has 1 saturated heterocycles.